The molecule has 1 heterocycles. The quantitative estimate of drug-likeness (QED) is 0.748. The van der Waals surface area contributed by atoms with E-state index >= 15 is 0 Å². The van der Waals surface area contributed by atoms with Gasteiger partial charge in [-0.05, 0) is 25.5 Å². The van der Waals surface area contributed by atoms with Crippen molar-refractivity contribution in [3.8, 4) is 0 Å². The lowest BCUT2D eigenvalue weighted by atomic mass is 10.2. The summed E-state index contributed by atoms with van der Waals surface area (Å²) in [5, 5.41) is 3.10. The molecule has 1 N–H and O–H groups in total. The molecule has 0 aliphatic rings. The highest BCUT2D eigenvalue weighted by Crippen LogP contribution is 2.13. The van der Waals surface area contributed by atoms with E-state index in [0.717, 1.165) is 13.0 Å². The number of pyridine rings is 1. The Morgan fingerprint density at radius 1 is 1.56 bits per heavy atom. The van der Waals surface area contributed by atoms with Gasteiger partial charge in [0.15, 0.2) is 0 Å². The van der Waals surface area contributed by atoms with Gasteiger partial charge in [-0.25, -0.2) is 4.98 Å². The molecule has 0 saturated carbocycles. The number of ether oxygens (including phenoxy) is 1. The van der Waals surface area contributed by atoms with E-state index in [2.05, 4.69) is 10.3 Å². The van der Waals surface area contributed by atoms with E-state index in [1.807, 2.05) is 6.92 Å². The van der Waals surface area contributed by atoms with Gasteiger partial charge in [-0.1, -0.05) is 0 Å². The maximum absolute atomic E-state index is 12.2. The minimum absolute atomic E-state index is 0.0184. The molecule has 0 atom stereocenters. The van der Waals surface area contributed by atoms with Crippen molar-refractivity contribution in [1.29, 1.82) is 0 Å². The van der Waals surface area contributed by atoms with Crippen LogP contribution in [0, 0.1) is 0 Å². The van der Waals surface area contributed by atoms with Crippen LogP contribution >= 0.6 is 0 Å². The second kappa shape index (κ2) is 7.66. The van der Waals surface area contributed by atoms with Crippen LogP contribution in [0.1, 0.15) is 23.7 Å². The Bertz CT molecular complexity index is 382. The normalized spacial score (nSPS) is 10.2. The first kappa shape index (κ1) is 14.4. The third-order valence-corrected chi connectivity index (χ3v) is 2.57. The van der Waals surface area contributed by atoms with E-state index in [0.29, 0.717) is 24.5 Å². The molecule has 1 amide bonds. The summed E-state index contributed by atoms with van der Waals surface area (Å²) in [5.74, 6) is 0.624. The number of hydrogen-bond acceptors (Lipinski definition) is 4. The van der Waals surface area contributed by atoms with Crippen molar-refractivity contribution < 1.29 is 9.53 Å². The topological polar surface area (TPSA) is 54.5 Å². The average molecular weight is 251 g/mol. The molecule has 18 heavy (non-hydrogen) atoms. The molecule has 100 valence electrons. The monoisotopic (exact) mass is 251 g/mol. The van der Waals surface area contributed by atoms with Crippen LogP contribution in [0.25, 0.3) is 0 Å². The van der Waals surface area contributed by atoms with Crippen molar-refractivity contribution in [3.63, 3.8) is 0 Å². The molecule has 0 saturated heterocycles. The van der Waals surface area contributed by atoms with Crippen molar-refractivity contribution >= 4 is 11.7 Å². The van der Waals surface area contributed by atoms with E-state index in [1.165, 1.54) is 0 Å². The second-order valence-corrected chi connectivity index (χ2v) is 4.00. The molecule has 1 rings (SSSR count). The standard InChI is InChI=1S/C13H21N3O2/c1-4-14-12-11(7-5-8-15-12)13(17)16(2)9-6-10-18-3/h5,7-8H,4,6,9-10H2,1-3H3,(H,14,15). The van der Waals surface area contributed by atoms with E-state index in [4.69, 9.17) is 4.74 Å². The number of aromatic nitrogens is 1. The maximum atomic E-state index is 12.2. The third-order valence-electron chi connectivity index (χ3n) is 2.57. The zero-order valence-electron chi connectivity index (χ0n) is 11.3. The molecular weight excluding hydrogens is 230 g/mol. The Morgan fingerprint density at radius 3 is 3.00 bits per heavy atom. The summed E-state index contributed by atoms with van der Waals surface area (Å²) in [5.41, 5.74) is 0.610. The summed E-state index contributed by atoms with van der Waals surface area (Å²) in [7, 11) is 3.45. The van der Waals surface area contributed by atoms with Crippen LogP contribution in [0.2, 0.25) is 0 Å². The Hall–Kier alpha value is -1.62. The zero-order chi connectivity index (χ0) is 13.4. The summed E-state index contributed by atoms with van der Waals surface area (Å²) >= 11 is 0. The highest BCUT2D eigenvalue weighted by atomic mass is 16.5. The van der Waals surface area contributed by atoms with Gasteiger partial charge >= 0.3 is 0 Å². The summed E-state index contributed by atoms with van der Waals surface area (Å²) in [6.07, 6.45) is 2.51. The summed E-state index contributed by atoms with van der Waals surface area (Å²) in [6.45, 7) is 4.05. The number of carbonyl (C=O) groups excluding carboxylic acids is 1. The number of amides is 1. The smallest absolute Gasteiger partial charge is 0.257 e. The largest absolute Gasteiger partial charge is 0.385 e. The summed E-state index contributed by atoms with van der Waals surface area (Å²) in [6, 6.07) is 3.57. The molecule has 5 heteroatoms. The lowest BCUT2D eigenvalue weighted by molar-refractivity contribution is 0.0780. The fraction of sp³-hybridized carbons (Fsp3) is 0.538. The molecule has 0 aliphatic carbocycles. The van der Waals surface area contributed by atoms with E-state index in [9.17, 15) is 4.79 Å². The molecule has 0 spiro atoms. The van der Waals surface area contributed by atoms with Gasteiger partial charge in [0.05, 0.1) is 5.56 Å². The summed E-state index contributed by atoms with van der Waals surface area (Å²) in [4.78, 5) is 18.1. The average Bonchev–Trinajstić information content (AvgIpc) is 2.39. The van der Waals surface area contributed by atoms with Gasteiger partial charge in [-0.2, -0.15) is 0 Å². The second-order valence-electron chi connectivity index (χ2n) is 4.00. The first-order valence-corrected chi connectivity index (χ1v) is 6.14. The minimum atomic E-state index is -0.0184. The number of methoxy groups -OCH3 is 1. The lowest BCUT2D eigenvalue weighted by Gasteiger charge is -2.18. The van der Waals surface area contributed by atoms with Crippen LogP contribution in [0.5, 0.6) is 0 Å². The van der Waals surface area contributed by atoms with Crippen molar-refractivity contribution in [2.24, 2.45) is 0 Å². The highest BCUT2D eigenvalue weighted by Gasteiger charge is 2.15. The van der Waals surface area contributed by atoms with Crippen LogP contribution in [0.4, 0.5) is 5.82 Å². The zero-order valence-corrected chi connectivity index (χ0v) is 11.3. The molecular formula is C13H21N3O2. The Balaban J connectivity index is 2.70. The van der Waals surface area contributed by atoms with Crippen molar-refractivity contribution in [2.75, 3.05) is 39.2 Å². The first-order valence-electron chi connectivity index (χ1n) is 6.14. The number of rotatable bonds is 7. The van der Waals surface area contributed by atoms with E-state index in [-0.39, 0.29) is 5.91 Å². The van der Waals surface area contributed by atoms with Crippen LogP contribution in [0.15, 0.2) is 18.3 Å². The van der Waals surface area contributed by atoms with Gasteiger partial charge in [-0.3, -0.25) is 4.79 Å². The fourth-order valence-electron chi connectivity index (χ4n) is 1.64. The Morgan fingerprint density at radius 2 is 2.33 bits per heavy atom. The number of nitrogens with one attached hydrogen (secondary N) is 1. The van der Waals surface area contributed by atoms with Crippen LogP contribution in [-0.4, -0.2) is 49.6 Å². The number of anilines is 1. The van der Waals surface area contributed by atoms with Crippen LogP contribution in [-0.2, 0) is 4.74 Å². The summed E-state index contributed by atoms with van der Waals surface area (Å²) < 4.78 is 4.98. The van der Waals surface area contributed by atoms with Gasteiger partial charge in [0.2, 0.25) is 0 Å². The molecule has 5 nitrogen and oxygen atoms in total. The lowest BCUT2D eigenvalue weighted by Crippen LogP contribution is -2.29. The Kier molecular flexibility index (Phi) is 6.14. The SMILES string of the molecule is CCNc1ncccc1C(=O)N(C)CCCOC. The number of nitrogens with zero attached hydrogens (tertiary/aromatic N) is 2. The van der Waals surface area contributed by atoms with Gasteiger partial charge in [0.1, 0.15) is 5.82 Å². The molecule has 1 aromatic heterocycles. The van der Waals surface area contributed by atoms with Gasteiger partial charge in [0, 0.05) is 40.1 Å². The predicted octanol–water partition coefficient (Wildman–Crippen LogP) is 1.62. The van der Waals surface area contributed by atoms with Gasteiger partial charge in [-0.15, -0.1) is 0 Å². The minimum Gasteiger partial charge on any atom is -0.385 e. The number of carbonyl (C=O) groups is 1. The van der Waals surface area contributed by atoms with Crippen molar-refractivity contribution in [2.45, 2.75) is 13.3 Å². The molecule has 0 fully saturated rings. The van der Waals surface area contributed by atoms with Crippen LogP contribution < -0.4 is 5.32 Å². The number of hydrogen-bond donors (Lipinski definition) is 1. The third kappa shape index (κ3) is 4.00. The van der Waals surface area contributed by atoms with Crippen molar-refractivity contribution in [3.05, 3.63) is 23.9 Å². The molecule has 1 aromatic rings. The van der Waals surface area contributed by atoms with Crippen LogP contribution in [0.3, 0.4) is 0 Å². The molecule has 0 bridgehead atoms. The van der Waals surface area contributed by atoms with Gasteiger partial charge < -0.3 is 15.0 Å². The van der Waals surface area contributed by atoms with Gasteiger partial charge in [0.25, 0.3) is 5.91 Å². The maximum Gasteiger partial charge on any atom is 0.257 e. The fourth-order valence-corrected chi connectivity index (χ4v) is 1.64. The molecule has 0 unspecified atom stereocenters. The Labute approximate surface area is 108 Å². The van der Waals surface area contributed by atoms with E-state index < -0.39 is 0 Å². The van der Waals surface area contributed by atoms with E-state index in [1.54, 1.807) is 37.4 Å². The molecule has 0 radical (unpaired) electrons. The first-order chi connectivity index (χ1) is 8.70. The highest BCUT2D eigenvalue weighted by molar-refractivity contribution is 5.98. The molecule has 0 aromatic carbocycles. The van der Waals surface area contributed by atoms with Crippen molar-refractivity contribution in [1.82, 2.24) is 9.88 Å². The predicted molar refractivity (Wildman–Crippen MR) is 71.9 cm³/mol. The molecule has 0 aliphatic heterocycles.